The summed E-state index contributed by atoms with van der Waals surface area (Å²) in [6.45, 7) is 27.6. The van der Waals surface area contributed by atoms with Crippen LogP contribution in [0.1, 0.15) is 182 Å². The van der Waals surface area contributed by atoms with Crippen molar-refractivity contribution in [3.63, 3.8) is 0 Å². The van der Waals surface area contributed by atoms with Crippen molar-refractivity contribution >= 4 is 88.4 Å². The second-order valence-electron chi connectivity index (χ2n) is 40.1. The molecule has 6 aliphatic heterocycles. The van der Waals surface area contributed by atoms with Gasteiger partial charge in [0.25, 0.3) is 0 Å². The maximum Gasteiger partial charge on any atom is 0.410 e. The highest BCUT2D eigenvalue weighted by atomic mass is 16.6. The van der Waals surface area contributed by atoms with Crippen LogP contribution in [0.2, 0.25) is 0 Å². The van der Waals surface area contributed by atoms with E-state index < -0.39 is 159 Å². The molecule has 6 fully saturated rings. The van der Waals surface area contributed by atoms with Crippen LogP contribution in [0.15, 0.2) is 164 Å². The number of carbonyl (C=O) groups excluding carboxylic acids is 15. The quantitative estimate of drug-likeness (QED) is 0.0153. The van der Waals surface area contributed by atoms with E-state index in [0.29, 0.717) is 62.6 Å². The molecule has 6 aliphatic rings. The molecular formula is C106H137N9O24. The fourth-order valence-corrected chi connectivity index (χ4v) is 16.2. The highest BCUT2D eigenvalue weighted by Gasteiger charge is 2.54. The number of benzene rings is 6. The SMILES string of the molecule is COc1ccc(C[C@H](CC(=O)[C@H](C)NC(=O)[C@@H]2CCCN2C(=O)OC(C)(C)C)C(=O)N[C@@H](Cc2ccccc2)C(=O)[C@@]2(C)CO2)cc1.COc1ccc(C[C@H](CC(=O)[C@H](C)NC(=O)[C@@H]2CCN2C(=O)OC(C)(C)C)C(=O)N[C@@H](Cc2ccccc2)C(=O)[C@@]2(C)CO2)cc1.COc1ccc(C[C@H](CC(=O)[C@H](C)NC(=O)[C@H]2CCN2C(=O)OC(C)(C)C)C(=O)N[C@@H](Cc2ccccc2)C(=O)[C@@]2(C)CO2)cc1. The van der Waals surface area contributed by atoms with Crippen LogP contribution in [-0.4, -0.2) is 252 Å². The minimum Gasteiger partial charge on any atom is -0.497 e. The zero-order valence-corrected chi connectivity index (χ0v) is 83.1. The molecule has 0 bridgehead atoms. The molecule has 9 amide bonds. The van der Waals surface area contributed by atoms with Crippen LogP contribution in [0.4, 0.5) is 14.4 Å². The number of epoxide rings is 3. The summed E-state index contributed by atoms with van der Waals surface area (Å²) in [5.41, 5.74) is 0.0462. The normalized spacial score (nSPS) is 20.8. The minimum atomic E-state index is -0.958. The molecule has 0 spiro atoms. The van der Waals surface area contributed by atoms with Crippen molar-refractivity contribution in [2.75, 3.05) is 60.8 Å². The maximum absolute atomic E-state index is 13.9. The summed E-state index contributed by atoms with van der Waals surface area (Å²) in [4.78, 5) is 204. The third-order valence-electron chi connectivity index (χ3n) is 25.0. The van der Waals surface area contributed by atoms with Crippen LogP contribution in [0, 0.1) is 17.8 Å². The molecule has 6 saturated heterocycles. The van der Waals surface area contributed by atoms with Crippen LogP contribution in [0.5, 0.6) is 17.2 Å². The zero-order valence-electron chi connectivity index (χ0n) is 83.1. The summed E-state index contributed by atoms with van der Waals surface area (Å²) in [5, 5.41) is 17.0. The Kier molecular flexibility index (Phi) is 37.2. The number of likely N-dealkylation sites (tertiary alicyclic amines) is 3. The van der Waals surface area contributed by atoms with E-state index in [2.05, 4.69) is 31.9 Å². The second kappa shape index (κ2) is 47.7. The van der Waals surface area contributed by atoms with Crippen molar-refractivity contribution in [3.05, 3.63) is 197 Å². The lowest BCUT2D eigenvalue weighted by molar-refractivity contribution is -0.136. The number of nitrogens with zero attached hydrogens (tertiary/aromatic N) is 3. The Labute approximate surface area is 813 Å². The molecule has 33 nitrogen and oxygen atoms in total. The molecule has 6 aromatic carbocycles. The predicted octanol–water partition coefficient (Wildman–Crippen LogP) is 10.6. The molecule has 6 aromatic rings. The number of carbonyl (C=O) groups is 15. The summed E-state index contributed by atoms with van der Waals surface area (Å²) >= 11 is 0. The van der Waals surface area contributed by atoms with Gasteiger partial charge in [-0.1, -0.05) is 127 Å². The van der Waals surface area contributed by atoms with Gasteiger partial charge in [0.1, 0.15) is 69.0 Å². The Hall–Kier alpha value is -12.8. The maximum atomic E-state index is 13.9. The average molecular weight is 1920 g/mol. The van der Waals surface area contributed by atoms with E-state index in [4.69, 9.17) is 42.6 Å². The van der Waals surface area contributed by atoms with Gasteiger partial charge in [-0.2, -0.15) is 0 Å². The number of Topliss-reactive ketones (excluding diaryl/α,β-unsaturated/α-hetero) is 6. The zero-order chi connectivity index (χ0) is 102. The first-order chi connectivity index (χ1) is 65.6. The first-order valence-corrected chi connectivity index (χ1v) is 47.5. The smallest absolute Gasteiger partial charge is 0.410 e. The Balaban J connectivity index is 0.000000215. The van der Waals surface area contributed by atoms with E-state index >= 15 is 0 Å². The third kappa shape index (κ3) is 32.2. The van der Waals surface area contributed by atoms with Gasteiger partial charge in [0.15, 0.2) is 34.7 Å². The molecular weight excluding hydrogens is 1780 g/mol. The number of amides is 9. The van der Waals surface area contributed by atoms with Crippen molar-refractivity contribution in [2.24, 2.45) is 17.8 Å². The fraction of sp³-hybridized carbons (Fsp3) is 0.519. The Bertz CT molecular complexity index is 5080. The van der Waals surface area contributed by atoms with Crippen LogP contribution in [-0.2, 0) is 124 Å². The fourth-order valence-electron chi connectivity index (χ4n) is 16.2. The van der Waals surface area contributed by atoms with Gasteiger partial charge in [0.05, 0.1) is 77.4 Å². The summed E-state index contributed by atoms with van der Waals surface area (Å²) in [6, 6.07) is 42.2. The number of hydrogen-bond donors (Lipinski definition) is 6. The first kappa shape index (κ1) is 108. The Morgan fingerprint density at radius 2 is 0.561 bits per heavy atom. The van der Waals surface area contributed by atoms with Crippen LogP contribution < -0.4 is 46.1 Å². The number of hydrogen-bond acceptors (Lipinski definition) is 24. The van der Waals surface area contributed by atoms with Crippen molar-refractivity contribution in [1.82, 2.24) is 46.6 Å². The Morgan fingerprint density at radius 3 is 0.777 bits per heavy atom. The molecule has 139 heavy (non-hydrogen) atoms. The molecule has 15 atom stereocenters. The number of ketones is 6. The van der Waals surface area contributed by atoms with Gasteiger partial charge in [-0.25, -0.2) is 14.4 Å². The Morgan fingerprint density at radius 1 is 0.331 bits per heavy atom. The second-order valence-corrected chi connectivity index (χ2v) is 40.1. The number of nitrogens with one attached hydrogen (secondary N) is 6. The standard InChI is InChI=1S/C36H47N3O8.2C35H45N3O8/c1-23(37-33(43)29-13-10-18-39(29)34(44)47-35(2,3)4)30(40)21-26(19-25-14-16-27(45-6)17-15-25)32(42)38-28(31(41)36(5)22-46-36)20-24-11-8-7-9-12-24;2*1-22(36-32(42)28-16-17-38(28)33(43)46-34(2,3)4)29(39)20-25(18-24-12-14-26(44-6)15-13-24)31(41)37-27(30(40)35(5)21-45-35)19-23-10-8-7-9-11-23/h7-9,11-12,14-17,23,26,28-29H,10,13,18-22H2,1-6H3,(H,37,43)(H,38,42);2*7-15,22,25,27-28H,16-21H2,1-6H3,(H,36,42)(H,37,41)/t23-,26+,28-,29-,36+;22-,25+,27-,28+,35+;22-,25+,27-,28-,35+/m000/s1. The van der Waals surface area contributed by atoms with Gasteiger partial charge in [0, 0.05) is 56.7 Å². The van der Waals surface area contributed by atoms with Crippen molar-refractivity contribution < 1.29 is 115 Å². The summed E-state index contributed by atoms with van der Waals surface area (Å²) in [7, 11) is 4.68. The van der Waals surface area contributed by atoms with Crippen molar-refractivity contribution in [1.29, 1.82) is 0 Å². The number of rotatable bonds is 42. The topological polar surface area (TPSA) is 431 Å². The van der Waals surface area contributed by atoms with E-state index in [9.17, 15) is 71.9 Å². The molecule has 750 valence electrons. The molecule has 0 aliphatic carbocycles. The van der Waals surface area contributed by atoms with Gasteiger partial charge in [-0.05, 0) is 238 Å². The van der Waals surface area contributed by atoms with Crippen molar-refractivity contribution in [2.45, 2.75) is 275 Å². The molecule has 6 heterocycles. The molecule has 12 rings (SSSR count). The number of methoxy groups -OCH3 is 3. The van der Waals surface area contributed by atoms with E-state index in [-0.39, 0.29) is 112 Å². The van der Waals surface area contributed by atoms with E-state index in [1.807, 2.05) is 127 Å². The average Bonchev–Trinajstić information content (AvgIpc) is 1.71. The van der Waals surface area contributed by atoms with E-state index in [0.717, 1.165) is 33.4 Å². The lowest BCUT2D eigenvalue weighted by atomic mass is 9.89. The van der Waals surface area contributed by atoms with Crippen LogP contribution in [0.25, 0.3) is 0 Å². The first-order valence-electron chi connectivity index (χ1n) is 47.5. The van der Waals surface area contributed by atoms with Crippen molar-refractivity contribution in [3.8, 4) is 17.2 Å². The van der Waals surface area contributed by atoms with Gasteiger partial charge in [-0.15, -0.1) is 0 Å². The highest BCUT2D eigenvalue weighted by molar-refractivity contribution is 6.02. The lowest BCUT2D eigenvalue weighted by Crippen LogP contribution is -2.60. The van der Waals surface area contributed by atoms with E-state index in [1.54, 1.807) is 162 Å². The van der Waals surface area contributed by atoms with Gasteiger partial charge in [-0.3, -0.25) is 72.2 Å². The largest absolute Gasteiger partial charge is 0.497 e. The van der Waals surface area contributed by atoms with Crippen LogP contribution >= 0.6 is 0 Å². The number of ether oxygens (including phenoxy) is 9. The van der Waals surface area contributed by atoms with Gasteiger partial charge in [0.2, 0.25) is 35.4 Å². The molecule has 33 heteroatoms. The predicted molar refractivity (Wildman–Crippen MR) is 515 cm³/mol. The summed E-state index contributed by atoms with van der Waals surface area (Å²) in [5.74, 6) is -4.98. The molecule has 0 aromatic heterocycles. The van der Waals surface area contributed by atoms with Gasteiger partial charge < -0.3 is 74.5 Å². The summed E-state index contributed by atoms with van der Waals surface area (Å²) < 4.78 is 48.3. The molecule has 0 unspecified atom stereocenters. The van der Waals surface area contributed by atoms with E-state index in [1.165, 1.54) is 14.7 Å². The molecule has 0 saturated carbocycles. The minimum absolute atomic E-state index is 0.181. The highest BCUT2D eigenvalue weighted by Crippen LogP contribution is 2.35. The van der Waals surface area contributed by atoms with Crippen LogP contribution in [0.3, 0.4) is 0 Å². The molecule has 6 N–H and O–H groups in total. The molecule has 0 radical (unpaired) electrons. The monoisotopic (exact) mass is 1920 g/mol. The summed E-state index contributed by atoms with van der Waals surface area (Å²) in [6.07, 6.45) is 1.19. The van der Waals surface area contributed by atoms with Gasteiger partial charge >= 0.3 is 18.3 Å². The lowest BCUT2D eigenvalue weighted by Gasteiger charge is -2.40. The third-order valence-corrected chi connectivity index (χ3v) is 25.0.